The zero-order valence-electron chi connectivity index (χ0n) is 10.9. The van der Waals surface area contributed by atoms with Crippen molar-refractivity contribution in [2.75, 3.05) is 0 Å². The lowest BCUT2D eigenvalue weighted by atomic mass is 9.96. The molecule has 1 aromatic carbocycles. The molecule has 2 rings (SSSR count). The van der Waals surface area contributed by atoms with Gasteiger partial charge in [0.05, 0.1) is 0 Å². The quantitative estimate of drug-likeness (QED) is 0.803. The SMILES string of the molecule is NC1CC/C=C/CCC1NC(=O)Oc1ccccc1. The Morgan fingerprint density at radius 3 is 2.58 bits per heavy atom. The second-order valence-corrected chi connectivity index (χ2v) is 4.74. The Hall–Kier alpha value is -1.81. The normalized spacial score (nSPS) is 24.9. The first kappa shape index (κ1) is 13.6. The number of rotatable bonds is 2. The summed E-state index contributed by atoms with van der Waals surface area (Å²) in [5.74, 6) is 0.541. The van der Waals surface area contributed by atoms with Crippen molar-refractivity contribution in [2.24, 2.45) is 5.73 Å². The van der Waals surface area contributed by atoms with Gasteiger partial charge in [-0.1, -0.05) is 30.4 Å². The number of allylic oxidation sites excluding steroid dienone is 2. The molecule has 0 radical (unpaired) electrons. The monoisotopic (exact) mass is 260 g/mol. The molecular weight excluding hydrogens is 240 g/mol. The lowest BCUT2D eigenvalue weighted by Crippen LogP contribution is -2.48. The fraction of sp³-hybridized carbons (Fsp3) is 0.400. The van der Waals surface area contributed by atoms with Gasteiger partial charge in [-0.05, 0) is 37.8 Å². The van der Waals surface area contributed by atoms with Crippen molar-refractivity contribution in [3.8, 4) is 5.75 Å². The number of para-hydroxylation sites is 1. The topological polar surface area (TPSA) is 64.3 Å². The molecule has 3 N–H and O–H groups in total. The van der Waals surface area contributed by atoms with Crippen LogP contribution in [0.15, 0.2) is 42.5 Å². The van der Waals surface area contributed by atoms with Gasteiger partial charge < -0.3 is 15.8 Å². The standard InChI is InChI=1S/C15H20N2O2/c16-13-10-6-1-2-7-11-14(13)17-15(18)19-12-8-4-3-5-9-12/h1-5,8-9,13-14H,6-7,10-11,16H2,(H,17,18)/b2-1+. The van der Waals surface area contributed by atoms with Gasteiger partial charge in [-0.25, -0.2) is 4.79 Å². The number of nitrogens with two attached hydrogens (primary N) is 1. The predicted octanol–water partition coefficient (Wildman–Crippen LogP) is 2.60. The van der Waals surface area contributed by atoms with Crippen LogP contribution >= 0.6 is 0 Å². The van der Waals surface area contributed by atoms with E-state index in [1.807, 2.05) is 18.2 Å². The van der Waals surface area contributed by atoms with Crippen molar-refractivity contribution in [1.29, 1.82) is 0 Å². The molecule has 2 unspecified atom stereocenters. The summed E-state index contributed by atoms with van der Waals surface area (Å²) in [4.78, 5) is 11.8. The van der Waals surface area contributed by atoms with E-state index in [2.05, 4.69) is 17.5 Å². The molecule has 1 amide bonds. The zero-order valence-corrected chi connectivity index (χ0v) is 10.9. The molecular formula is C15H20N2O2. The number of hydrogen-bond acceptors (Lipinski definition) is 3. The van der Waals surface area contributed by atoms with E-state index in [9.17, 15) is 4.79 Å². The van der Waals surface area contributed by atoms with Gasteiger partial charge in [-0.3, -0.25) is 0 Å². The molecule has 0 saturated carbocycles. The number of carbonyl (C=O) groups is 1. The maximum atomic E-state index is 11.8. The fourth-order valence-corrected chi connectivity index (χ4v) is 2.17. The first-order valence-corrected chi connectivity index (χ1v) is 6.69. The van der Waals surface area contributed by atoms with Crippen LogP contribution in [0.3, 0.4) is 0 Å². The van der Waals surface area contributed by atoms with Gasteiger partial charge in [0.15, 0.2) is 0 Å². The van der Waals surface area contributed by atoms with Crippen molar-refractivity contribution < 1.29 is 9.53 Å². The van der Waals surface area contributed by atoms with Gasteiger partial charge in [0.25, 0.3) is 0 Å². The van der Waals surface area contributed by atoms with Crippen LogP contribution in [0.4, 0.5) is 4.79 Å². The molecule has 1 aliphatic rings. The van der Waals surface area contributed by atoms with Crippen LogP contribution in [-0.2, 0) is 0 Å². The molecule has 0 bridgehead atoms. The molecule has 0 saturated heterocycles. The molecule has 0 heterocycles. The summed E-state index contributed by atoms with van der Waals surface area (Å²) < 4.78 is 5.21. The average Bonchev–Trinajstić information content (AvgIpc) is 2.40. The van der Waals surface area contributed by atoms with Crippen LogP contribution in [0, 0.1) is 0 Å². The van der Waals surface area contributed by atoms with E-state index in [1.165, 1.54) is 0 Å². The van der Waals surface area contributed by atoms with E-state index in [0.717, 1.165) is 25.7 Å². The highest BCUT2D eigenvalue weighted by atomic mass is 16.6. The summed E-state index contributed by atoms with van der Waals surface area (Å²) in [7, 11) is 0. The first-order chi connectivity index (χ1) is 9.25. The number of ether oxygens (including phenoxy) is 1. The van der Waals surface area contributed by atoms with E-state index < -0.39 is 6.09 Å². The van der Waals surface area contributed by atoms with Crippen LogP contribution in [0.5, 0.6) is 5.75 Å². The number of nitrogens with one attached hydrogen (secondary N) is 1. The Labute approximate surface area is 113 Å². The Bertz CT molecular complexity index is 431. The van der Waals surface area contributed by atoms with E-state index in [-0.39, 0.29) is 12.1 Å². The minimum absolute atomic E-state index is 0.0201. The molecule has 0 spiro atoms. The Morgan fingerprint density at radius 1 is 1.16 bits per heavy atom. The van der Waals surface area contributed by atoms with Crippen LogP contribution in [0.1, 0.15) is 25.7 Å². The van der Waals surface area contributed by atoms with Crippen molar-refractivity contribution in [2.45, 2.75) is 37.8 Å². The molecule has 0 aromatic heterocycles. The maximum Gasteiger partial charge on any atom is 0.412 e. The smallest absolute Gasteiger partial charge is 0.410 e. The van der Waals surface area contributed by atoms with Crippen molar-refractivity contribution in [3.63, 3.8) is 0 Å². The van der Waals surface area contributed by atoms with Crippen molar-refractivity contribution in [1.82, 2.24) is 5.32 Å². The number of benzene rings is 1. The largest absolute Gasteiger partial charge is 0.412 e. The van der Waals surface area contributed by atoms with E-state index in [4.69, 9.17) is 10.5 Å². The third kappa shape index (κ3) is 4.41. The molecule has 4 heteroatoms. The van der Waals surface area contributed by atoms with Crippen LogP contribution in [0.2, 0.25) is 0 Å². The summed E-state index contributed by atoms with van der Waals surface area (Å²) >= 11 is 0. The maximum absolute atomic E-state index is 11.8. The van der Waals surface area contributed by atoms with Gasteiger partial charge in [0, 0.05) is 12.1 Å². The highest BCUT2D eigenvalue weighted by Gasteiger charge is 2.20. The molecule has 0 fully saturated rings. The van der Waals surface area contributed by atoms with Crippen molar-refractivity contribution in [3.05, 3.63) is 42.5 Å². The van der Waals surface area contributed by atoms with Gasteiger partial charge >= 0.3 is 6.09 Å². The molecule has 102 valence electrons. The predicted molar refractivity (Wildman–Crippen MR) is 75.0 cm³/mol. The summed E-state index contributed by atoms with van der Waals surface area (Å²) in [6.07, 6.45) is 7.49. The minimum atomic E-state index is -0.434. The van der Waals surface area contributed by atoms with Gasteiger partial charge in [-0.15, -0.1) is 0 Å². The molecule has 1 aromatic rings. The average molecular weight is 260 g/mol. The minimum Gasteiger partial charge on any atom is -0.410 e. The third-order valence-corrected chi connectivity index (χ3v) is 3.25. The second kappa shape index (κ2) is 6.95. The zero-order chi connectivity index (χ0) is 13.5. The Kier molecular flexibility index (Phi) is 4.98. The lowest BCUT2D eigenvalue weighted by molar-refractivity contribution is 0.192. The molecule has 2 atom stereocenters. The van der Waals surface area contributed by atoms with Gasteiger partial charge in [-0.2, -0.15) is 0 Å². The van der Waals surface area contributed by atoms with Crippen LogP contribution in [0.25, 0.3) is 0 Å². The number of amides is 1. The van der Waals surface area contributed by atoms with Gasteiger partial charge in [0.2, 0.25) is 0 Å². The molecule has 19 heavy (non-hydrogen) atoms. The summed E-state index contributed by atoms with van der Waals surface area (Å²) in [6.45, 7) is 0. The van der Waals surface area contributed by atoms with Crippen LogP contribution in [-0.4, -0.2) is 18.2 Å². The molecule has 0 aliphatic heterocycles. The first-order valence-electron chi connectivity index (χ1n) is 6.69. The number of carbonyl (C=O) groups excluding carboxylic acids is 1. The Morgan fingerprint density at radius 2 is 1.84 bits per heavy atom. The third-order valence-electron chi connectivity index (χ3n) is 3.25. The van der Waals surface area contributed by atoms with Crippen LogP contribution < -0.4 is 15.8 Å². The number of hydrogen-bond donors (Lipinski definition) is 2. The second-order valence-electron chi connectivity index (χ2n) is 4.74. The molecule has 4 nitrogen and oxygen atoms in total. The highest BCUT2D eigenvalue weighted by molar-refractivity contribution is 5.70. The lowest BCUT2D eigenvalue weighted by Gasteiger charge is -2.25. The summed E-state index contributed by atoms with van der Waals surface area (Å²) in [5, 5.41) is 2.86. The van der Waals surface area contributed by atoms with Crippen molar-refractivity contribution >= 4 is 6.09 Å². The summed E-state index contributed by atoms with van der Waals surface area (Å²) in [6, 6.07) is 8.99. The van der Waals surface area contributed by atoms with E-state index in [1.54, 1.807) is 12.1 Å². The fourth-order valence-electron chi connectivity index (χ4n) is 2.17. The molecule has 1 aliphatic carbocycles. The van der Waals surface area contributed by atoms with Gasteiger partial charge in [0.1, 0.15) is 5.75 Å². The van der Waals surface area contributed by atoms with E-state index >= 15 is 0 Å². The van der Waals surface area contributed by atoms with E-state index in [0.29, 0.717) is 5.75 Å². The summed E-state index contributed by atoms with van der Waals surface area (Å²) in [5.41, 5.74) is 6.09. The highest BCUT2D eigenvalue weighted by Crippen LogP contribution is 2.13. The Balaban J connectivity index is 1.88.